The zero-order valence-electron chi connectivity index (χ0n) is 11.8. The highest BCUT2D eigenvalue weighted by atomic mass is 16.7. The van der Waals surface area contributed by atoms with Crippen molar-refractivity contribution < 1.29 is 24.1 Å². The molecular weight excluding hydrogens is 260 g/mol. The molecule has 4 fully saturated rings. The minimum Gasteiger partial charge on any atom is -0.462 e. The number of carbonyl (C=O) groups excluding carboxylic acids is 1. The Morgan fingerprint density at radius 3 is 2.70 bits per heavy atom. The number of hydrogen-bond donors (Lipinski definition) is 1. The van der Waals surface area contributed by atoms with Gasteiger partial charge < -0.3 is 19.3 Å². The quantitative estimate of drug-likeness (QED) is 0.677. The molecule has 2 aliphatic heterocycles. The van der Waals surface area contributed by atoms with Crippen LogP contribution in [0.25, 0.3) is 0 Å². The second-order valence-corrected chi connectivity index (χ2v) is 6.99. The van der Waals surface area contributed by atoms with Gasteiger partial charge in [0.1, 0.15) is 6.10 Å². The van der Waals surface area contributed by atoms with Crippen LogP contribution in [-0.2, 0) is 19.0 Å². The van der Waals surface area contributed by atoms with Crippen LogP contribution >= 0.6 is 0 Å². The van der Waals surface area contributed by atoms with E-state index in [1.54, 1.807) is 0 Å². The van der Waals surface area contributed by atoms with Crippen molar-refractivity contribution in [2.45, 2.75) is 56.5 Å². The Labute approximate surface area is 118 Å². The summed E-state index contributed by atoms with van der Waals surface area (Å²) in [6.45, 7) is 3.12. The SMILES string of the molecule is CC1(O)CCC2C1C1OC(=O)CC1CCC21OCCO1. The molecule has 0 amide bonds. The second-order valence-electron chi connectivity index (χ2n) is 6.99. The van der Waals surface area contributed by atoms with Gasteiger partial charge in [0, 0.05) is 24.2 Å². The Bertz CT molecular complexity index is 426. The Balaban J connectivity index is 1.74. The van der Waals surface area contributed by atoms with Gasteiger partial charge in [-0.15, -0.1) is 0 Å². The molecule has 2 heterocycles. The first kappa shape index (κ1) is 13.0. The number of ether oxygens (including phenoxy) is 3. The van der Waals surface area contributed by atoms with E-state index in [4.69, 9.17) is 14.2 Å². The summed E-state index contributed by atoms with van der Waals surface area (Å²) in [5.74, 6) is -0.417. The highest BCUT2D eigenvalue weighted by Crippen LogP contribution is 2.56. The molecule has 5 heteroatoms. The second kappa shape index (κ2) is 4.18. The maximum absolute atomic E-state index is 11.7. The summed E-state index contributed by atoms with van der Waals surface area (Å²) >= 11 is 0. The summed E-state index contributed by atoms with van der Waals surface area (Å²) in [4.78, 5) is 11.7. The Hall–Kier alpha value is -0.650. The summed E-state index contributed by atoms with van der Waals surface area (Å²) in [6, 6.07) is 0. The Morgan fingerprint density at radius 2 is 1.95 bits per heavy atom. The van der Waals surface area contributed by atoms with Gasteiger partial charge in [0.15, 0.2) is 5.79 Å². The summed E-state index contributed by atoms with van der Waals surface area (Å²) in [5, 5.41) is 10.8. The fourth-order valence-electron chi connectivity index (χ4n) is 4.96. The van der Waals surface area contributed by atoms with Crippen molar-refractivity contribution in [3.63, 3.8) is 0 Å². The average molecular weight is 282 g/mol. The van der Waals surface area contributed by atoms with Crippen LogP contribution < -0.4 is 0 Å². The molecule has 2 saturated heterocycles. The minimum absolute atomic E-state index is 0.0699. The molecule has 0 bridgehead atoms. The van der Waals surface area contributed by atoms with E-state index in [1.165, 1.54) is 0 Å². The minimum atomic E-state index is -0.801. The average Bonchev–Trinajstić information content (AvgIpc) is 3.03. The van der Waals surface area contributed by atoms with Crippen molar-refractivity contribution >= 4 is 5.97 Å². The van der Waals surface area contributed by atoms with Gasteiger partial charge in [0.25, 0.3) is 0 Å². The van der Waals surface area contributed by atoms with E-state index in [1.807, 2.05) is 6.92 Å². The normalized spacial score (nSPS) is 49.8. The zero-order chi connectivity index (χ0) is 14.0. The van der Waals surface area contributed by atoms with Crippen LogP contribution in [-0.4, -0.2) is 41.8 Å². The lowest BCUT2D eigenvalue weighted by Crippen LogP contribution is -2.48. The van der Waals surface area contributed by atoms with Crippen molar-refractivity contribution in [3.8, 4) is 0 Å². The standard InChI is InChI=1S/C15H22O5/c1-14(17)4-3-10-12(14)13-9(8-11(16)20-13)2-5-15(10)18-6-7-19-15/h9-10,12-13,17H,2-8H2,1H3. The van der Waals surface area contributed by atoms with Gasteiger partial charge in [0.2, 0.25) is 0 Å². The molecule has 1 spiro atoms. The third kappa shape index (κ3) is 1.69. The number of rotatable bonds is 0. The van der Waals surface area contributed by atoms with Crippen LogP contribution in [0.5, 0.6) is 0 Å². The van der Waals surface area contributed by atoms with Gasteiger partial charge in [-0.05, 0) is 26.2 Å². The van der Waals surface area contributed by atoms with Crippen LogP contribution in [0.2, 0.25) is 0 Å². The van der Waals surface area contributed by atoms with E-state index in [9.17, 15) is 9.90 Å². The van der Waals surface area contributed by atoms with E-state index in [2.05, 4.69) is 0 Å². The lowest BCUT2D eigenvalue weighted by atomic mass is 9.77. The molecule has 0 aromatic carbocycles. The topological polar surface area (TPSA) is 65.0 Å². The monoisotopic (exact) mass is 282 g/mol. The highest BCUT2D eigenvalue weighted by molar-refractivity contribution is 5.72. The first-order valence-corrected chi connectivity index (χ1v) is 7.72. The van der Waals surface area contributed by atoms with Crippen molar-refractivity contribution in [3.05, 3.63) is 0 Å². The summed E-state index contributed by atoms with van der Waals surface area (Å²) < 4.78 is 17.6. The number of aliphatic hydroxyl groups is 1. The molecule has 5 atom stereocenters. The summed E-state index contributed by atoms with van der Waals surface area (Å²) in [6.07, 6.45) is 3.58. The van der Waals surface area contributed by atoms with E-state index in [0.29, 0.717) is 19.6 Å². The Kier molecular flexibility index (Phi) is 2.73. The van der Waals surface area contributed by atoms with Gasteiger partial charge >= 0.3 is 5.97 Å². The fraction of sp³-hybridized carbons (Fsp3) is 0.933. The van der Waals surface area contributed by atoms with Crippen molar-refractivity contribution in [2.24, 2.45) is 17.8 Å². The zero-order valence-corrected chi connectivity index (χ0v) is 11.8. The van der Waals surface area contributed by atoms with Crippen LogP contribution in [0.3, 0.4) is 0 Å². The smallest absolute Gasteiger partial charge is 0.306 e. The van der Waals surface area contributed by atoms with E-state index in [-0.39, 0.29) is 29.8 Å². The van der Waals surface area contributed by atoms with Crippen LogP contribution in [0.15, 0.2) is 0 Å². The molecule has 112 valence electrons. The number of carbonyl (C=O) groups is 1. The number of hydrogen-bond acceptors (Lipinski definition) is 5. The van der Waals surface area contributed by atoms with Gasteiger partial charge in [0.05, 0.1) is 25.2 Å². The van der Waals surface area contributed by atoms with E-state index < -0.39 is 11.4 Å². The van der Waals surface area contributed by atoms with Gasteiger partial charge in [-0.25, -0.2) is 0 Å². The third-order valence-electron chi connectivity index (χ3n) is 5.83. The first-order chi connectivity index (χ1) is 9.52. The van der Waals surface area contributed by atoms with Gasteiger partial charge in [-0.3, -0.25) is 4.79 Å². The molecule has 0 aromatic heterocycles. The van der Waals surface area contributed by atoms with E-state index >= 15 is 0 Å². The predicted molar refractivity (Wildman–Crippen MR) is 68.7 cm³/mol. The molecule has 20 heavy (non-hydrogen) atoms. The van der Waals surface area contributed by atoms with Gasteiger partial charge in [-0.2, -0.15) is 0 Å². The number of esters is 1. The van der Waals surface area contributed by atoms with Crippen molar-refractivity contribution in [1.82, 2.24) is 0 Å². The van der Waals surface area contributed by atoms with Crippen molar-refractivity contribution in [2.75, 3.05) is 13.2 Å². The van der Waals surface area contributed by atoms with E-state index in [0.717, 1.165) is 25.7 Å². The lowest BCUT2D eigenvalue weighted by molar-refractivity contribution is -0.217. The largest absolute Gasteiger partial charge is 0.462 e. The predicted octanol–water partition coefficient (Wildman–Crippen LogP) is 1.23. The van der Waals surface area contributed by atoms with Crippen molar-refractivity contribution in [1.29, 1.82) is 0 Å². The molecule has 2 aliphatic carbocycles. The number of fused-ring (bicyclic) bond motifs is 4. The Morgan fingerprint density at radius 1 is 1.20 bits per heavy atom. The molecule has 1 N–H and O–H groups in total. The summed E-state index contributed by atoms with van der Waals surface area (Å²) in [7, 11) is 0. The molecule has 2 saturated carbocycles. The van der Waals surface area contributed by atoms with Crippen LogP contribution in [0.4, 0.5) is 0 Å². The molecular formula is C15H22O5. The van der Waals surface area contributed by atoms with Crippen LogP contribution in [0.1, 0.15) is 39.0 Å². The van der Waals surface area contributed by atoms with Gasteiger partial charge in [-0.1, -0.05) is 0 Å². The summed E-state index contributed by atoms with van der Waals surface area (Å²) in [5.41, 5.74) is -0.801. The molecule has 0 radical (unpaired) electrons. The molecule has 4 rings (SSSR count). The molecule has 5 unspecified atom stereocenters. The molecule has 5 nitrogen and oxygen atoms in total. The molecule has 4 aliphatic rings. The maximum atomic E-state index is 11.7. The first-order valence-electron chi connectivity index (χ1n) is 7.72. The maximum Gasteiger partial charge on any atom is 0.306 e. The lowest BCUT2D eigenvalue weighted by Gasteiger charge is -2.39. The highest BCUT2D eigenvalue weighted by Gasteiger charge is 2.63. The fourth-order valence-corrected chi connectivity index (χ4v) is 4.96. The third-order valence-corrected chi connectivity index (χ3v) is 5.83. The van der Waals surface area contributed by atoms with Crippen LogP contribution in [0, 0.1) is 17.8 Å². The molecule has 0 aromatic rings.